The number of ether oxygens (including phenoxy) is 4. The molecule has 0 aromatic heterocycles. The van der Waals surface area contributed by atoms with Gasteiger partial charge in [0.2, 0.25) is 0 Å². The van der Waals surface area contributed by atoms with E-state index in [9.17, 15) is 34.2 Å². The Bertz CT molecular complexity index is 1810. The number of carbonyl (C=O) groups is 5. The van der Waals surface area contributed by atoms with Crippen LogP contribution in [0.3, 0.4) is 0 Å². The third-order valence-electron chi connectivity index (χ3n) is 9.73. The van der Waals surface area contributed by atoms with Gasteiger partial charge in [-0.25, -0.2) is 4.79 Å². The summed E-state index contributed by atoms with van der Waals surface area (Å²) in [6.07, 6.45) is -2.55. The zero-order valence-corrected chi connectivity index (χ0v) is 31.1. The molecule has 0 saturated carbocycles. The number of aromatic hydroxyl groups is 1. The highest BCUT2D eigenvalue weighted by atomic mass is 16.6. The first-order valence-electron chi connectivity index (χ1n) is 17.7. The van der Waals surface area contributed by atoms with Gasteiger partial charge in [0.15, 0.2) is 23.5 Å². The average Bonchev–Trinajstić information content (AvgIpc) is 3.46. The summed E-state index contributed by atoms with van der Waals surface area (Å²) < 4.78 is 22.3. The third-order valence-corrected chi connectivity index (χ3v) is 9.73. The second kappa shape index (κ2) is 15.7. The molecule has 6 rings (SSSR count). The van der Waals surface area contributed by atoms with Gasteiger partial charge in [-0.15, -0.1) is 0 Å². The molecule has 2 fully saturated rings. The smallest absolute Gasteiger partial charge is 0.408 e. The number of aliphatic hydroxyl groups is 1. The third kappa shape index (κ3) is 8.43. The Hall–Kier alpha value is -4.69. The minimum atomic E-state index is -0.917. The van der Waals surface area contributed by atoms with Crippen LogP contribution in [0.2, 0.25) is 0 Å². The van der Waals surface area contributed by atoms with Gasteiger partial charge in [-0.3, -0.25) is 19.2 Å². The van der Waals surface area contributed by atoms with Crippen molar-refractivity contribution in [2.24, 2.45) is 0 Å². The van der Waals surface area contributed by atoms with E-state index >= 15 is 0 Å². The Balaban J connectivity index is 0.000000233. The molecule has 53 heavy (non-hydrogen) atoms. The van der Waals surface area contributed by atoms with Crippen LogP contribution in [-0.4, -0.2) is 107 Å². The Kier molecular flexibility index (Phi) is 11.7. The second-order valence-corrected chi connectivity index (χ2v) is 14.9. The number of carbonyl (C=O) groups excluding carboxylic acids is 5. The summed E-state index contributed by atoms with van der Waals surface area (Å²) in [4.78, 5) is 64.3. The molecule has 0 radical (unpaired) electrons. The molecule has 8 atom stereocenters. The molecular weight excluding hydrogens is 684 g/mol. The number of amides is 1. The maximum atomic E-state index is 13.5. The second-order valence-electron chi connectivity index (χ2n) is 14.9. The van der Waals surface area contributed by atoms with Gasteiger partial charge >= 0.3 is 12.1 Å². The van der Waals surface area contributed by atoms with Gasteiger partial charge in [0.05, 0.1) is 48.0 Å². The summed E-state index contributed by atoms with van der Waals surface area (Å²) in [5.41, 5.74) is 1.01. The molecule has 4 aliphatic rings. The van der Waals surface area contributed by atoms with Crippen LogP contribution in [0.25, 0.3) is 0 Å². The van der Waals surface area contributed by atoms with Crippen molar-refractivity contribution in [1.82, 2.24) is 10.2 Å². The molecule has 13 nitrogen and oxygen atoms in total. The Morgan fingerprint density at radius 2 is 1.72 bits per heavy atom. The number of Topliss-reactive ketones (excluding diaryl/α,β-unsaturated/α-hetero) is 2. The lowest BCUT2D eigenvalue weighted by molar-refractivity contribution is -0.142. The number of hydrogen-bond donors (Lipinski definition) is 3. The standard InChI is InChI=1S/C24H27NO8.C16H21NO3/c1-9-17-19(24-15(31-9)8-16(26)33-24)22(29)12-6-5-11(21(28)18(12)23(17)30)14-7-13(25(3)4)20(27)10(2)32-14;1-5-14(18)13(11-12-9-7-6-8-10-12)17-15(19)20-16(2,3)4/h5-6,9-10,13-15,20,24,27-28H,7-8H2,1-4H3;5-10,13H,1,11H2,2-4H3,(H,17,19)/t9-,10-,13-,14-,15-,20-,24+;13-/m10/s1. The van der Waals surface area contributed by atoms with Gasteiger partial charge in [0.25, 0.3) is 0 Å². The zero-order chi connectivity index (χ0) is 38.9. The van der Waals surface area contributed by atoms with E-state index in [-0.39, 0.29) is 46.3 Å². The largest absolute Gasteiger partial charge is 0.507 e. The number of rotatable bonds is 7. The summed E-state index contributed by atoms with van der Waals surface area (Å²) in [6.45, 7) is 12.2. The van der Waals surface area contributed by atoms with Crippen molar-refractivity contribution in [2.45, 2.75) is 108 Å². The van der Waals surface area contributed by atoms with Crippen molar-refractivity contribution >= 4 is 29.4 Å². The van der Waals surface area contributed by atoms with E-state index in [1.165, 1.54) is 12.1 Å². The number of esters is 1. The fraction of sp³-hybridized carbons (Fsp3) is 0.475. The van der Waals surface area contributed by atoms with Gasteiger partial charge in [0, 0.05) is 29.2 Å². The molecule has 13 heteroatoms. The van der Waals surface area contributed by atoms with Gasteiger partial charge in [-0.2, -0.15) is 0 Å². The number of alkyl carbamates (subject to hydrolysis) is 1. The Labute approximate surface area is 308 Å². The molecule has 2 saturated heterocycles. The molecule has 0 unspecified atom stereocenters. The SMILES string of the molecule is C=CC(=O)[C@H](Cc1ccccc1)NC(=O)OC(C)(C)C.C[C@H]1O[C@@H]2CC(=O)O[C@@H]2C2=C1C(=O)c1c(ccc([C@H]3C[C@@H](N(C)C)[C@H](O)[C@@H](C)O3)c1O)C2=O. The van der Waals surface area contributed by atoms with Gasteiger partial charge < -0.3 is 39.4 Å². The van der Waals surface area contributed by atoms with E-state index in [1.807, 2.05) is 49.3 Å². The van der Waals surface area contributed by atoms with E-state index in [1.54, 1.807) is 40.7 Å². The van der Waals surface area contributed by atoms with Crippen molar-refractivity contribution < 1.29 is 53.1 Å². The van der Waals surface area contributed by atoms with Crippen LogP contribution in [0.1, 0.15) is 85.4 Å². The Morgan fingerprint density at radius 1 is 1.04 bits per heavy atom. The summed E-state index contributed by atoms with van der Waals surface area (Å²) in [5, 5.41) is 24.2. The molecule has 2 aromatic carbocycles. The number of fused-ring (bicyclic) bond motifs is 3. The quantitative estimate of drug-likeness (QED) is 0.274. The zero-order valence-electron chi connectivity index (χ0n) is 31.1. The molecule has 2 aromatic rings. The van der Waals surface area contributed by atoms with Gasteiger partial charge in [0.1, 0.15) is 17.5 Å². The van der Waals surface area contributed by atoms with Crippen LogP contribution in [-0.2, 0) is 35.0 Å². The van der Waals surface area contributed by atoms with Crippen LogP contribution in [0.5, 0.6) is 5.75 Å². The summed E-state index contributed by atoms with van der Waals surface area (Å²) in [7, 11) is 3.72. The van der Waals surface area contributed by atoms with E-state index < -0.39 is 71.9 Å². The molecule has 1 amide bonds. The number of nitrogens with zero attached hydrogens (tertiary/aromatic N) is 1. The number of nitrogens with one attached hydrogen (secondary N) is 1. The first-order chi connectivity index (χ1) is 24.9. The average molecular weight is 733 g/mol. The van der Waals surface area contributed by atoms with Crippen molar-refractivity contribution in [3.8, 4) is 5.75 Å². The predicted octanol–water partition coefficient (Wildman–Crippen LogP) is 4.19. The number of phenolic OH excluding ortho intramolecular Hbond substituents is 1. The Morgan fingerprint density at radius 3 is 2.34 bits per heavy atom. The minimum Gasteiger partial charge on any atom is -0.507 e. The fourth-order valence-electron chi connectivity index (χ4n) is 7.18. The van der Waals surface area contributed by atoms with E-state index in [4.69, 9.17) is 18.9 Å². The lowest BCUT2D eigenvalue weighted by Crippen LogP contribution is -2.50. The molecule has 3 N–H and O–H groups in total. The number of aliphatic hydroxyl groups excluding tert-OH is 1. The van der Waals surface area contributed by atoms with Crippen LogP contribution >= 0.6 is 0 Å². The highest BCUT2D eigenvalue weighted by Crippen LogP contribution is 2.46. The maximum Gasteiger partial charge on any atom is 0.408 e. The van der Waals surface area contributed by atoms with Gasteiger partial charge in [-0.1, -0.05) is 43.0 Å². The van der Waals surface area contributed by atoms with Crippen LogP contribution < -0.4 is 5.32 Å². The van der Waals surface area contributed by atoms with Gasteiger partial charge in [-0.05, 0) is 72.8 Å². The maximum absolute atomic E-state index is 13.5. The summed E-state index contributed by atoms with van der Waals surface area (Å²) >= 11 is 0. The van der Waals surface area contributed by atoms with Crippen molar-refractivity contribution in [1.29, 1.82) is 0 Å². The summed E-state index contributed by atoms with van der Waals surface area (Å²) in [6, 6.07) is 11.7. The fourth-order valence-corrected chi connectivity index (χ4v) is 7.18. The van der Waals surface area contributed by atoms with Crippen molar-refractivity contribution in [2.75, 3.05) is 14.1 Å². The van der Waals surface area contributed by atoms with Crippen molar-refractivity contribution in [3.63, 3.8) is 0 Å². The lowest BCUT2D eigenvalue weighted by atomic mass is 9.76. The lowest BCUT2D eigenvalue weighted by Gasteiger charge is -2.41. The molecule has 3 aliphatic heterocycles. The molecule has 284 valence electrons. The number of phenols is 1. The van der Waals surface area contributed by atoms with Crippen molar-refractivity contribution in [3.05, 3.63) is 88.5 Å². The number of likely N-dealkylation sites (N-methyl/N-ethyl adjacent to an activating group) is 1. The molecular formula is C40H48N2O11. The normalized spacial score (nSPS) is 27.0. The monoisotopic (exact) mass is 732 g/mol. The highest BCUT2D eigenvalue weighted by Gasteiger charge is 2.52. The number of ketones is 3. The van der Waals surface area contributed by atoms with Crippen LogP contribution in [0.15, 0.2) is 66.3 Å². The van der Waals surface area contributed by atoms with E-state index in [0.717, 1.165) is 5.56 Å². The minimum absolute atomic E-state index is 0.0282. The topological polar surface area (TPSA) is 178 Å². The predicted molar refractivity (Wildman–Crippen MR) is 193 cm³/mol. The molecule has 3 heterocycles. The van der Waals surface area contributed by atoms with E-state index in [2.05, 4.69) is 11.9 Å². The molecule has 1 aliphatic carbocycles. The number of hydrogen-bond acceptors (Lipinski definition) is 12. The van der Waals surface area contributed by atoms with Crippen LogP contribution in [0, 0.1) is 0 Å². The number of benzene rings is 2. The molecule has 0 bridgehead atoms. The molecule has 0 spiro atoms. The van der Waals surface area contributed by atoms with Crippen LogP contribution in [0.4, 0.5) is 4.79 Å². The highest BCUT2D eigenvalue weighted by molar-refractivity contribution is 6.29. The summed E-state index contributed by atoms with van der Waals surface area (Å²) in [5.74, 6) is -1.97. The first-order valence-corrected chi connectivity index (χ1v) is 17.7. The first kappa shape index (κ1) is 39.5. The van der Waals surface area contributed by atoms with E-state index in [0.29, 0.717) is 18.4 Å².